The molecular weight excluding hydrogens is 658 g/mol. The molecule has 6 rings (SSSR count). The molecule has 2 aliphatic heterocycles. The number of carboxylic acid groups (broad SMARTS) is 1. The van der Waals surface area contributed by atoms with E-state index in [1.54, 1.807) is 7.05 Å². The number of carbonyl (C=O) groups excluding carboxylic acids is 3. The van der Waals surface area contributed by atoms with Crippen LogP contribution in [-0.2, 0) is 21.4 Å². The van der Waals surface area contributed by atoms with E-state index in [1.165, 1.54) is 52.5 Å². The predicted molar refractivity (Wildman–Crippen MR) is 163 cm³/mol. The number of benzene rings is 2. The lowest BCUT2D eigenvalue weighted by Gasteiger charge is -2.49. The van der Waals surface area contributed by atoms with Gasteiger partial charge in [-0.05, 0) is 45.8 Å². The molecule has 1 unspecified atom stereocenters. The Morgan fingerprint density at radius 2 is 1.87 bits per heavy atom. The lowest BCUT2D eigenvalue weighted by molar-refractivity contribution is -0.151. The monoisotopic (exact) mass is 681 g/mol. The number of hydrogen-bond acceptors (Lipinski definition) is 14. The van der Waals surface area contributed by atoms with E-state index in [4.69, 9.17) is 4.42 Å². The summed E-state index contributed by atoms with van der Waals surface area (Å²) in [5.41, 5.74) is -1.27. The molecule has 3 amide bonds. The van der Waals surface area contributed by atoms with Gasteiger partial charge in [-0.2, -0.15) is 0 Å². The van der Waals surface area contributed by atoms with E-state index < -0.39 is 63.6 Å². The molecule has 4 aromatic rings. The van der Waals surface area contributed by atoms with E-state index in [1.807, 2.05) is 0 Å². The van der Waals surface area contributed by atoms with Crippen molar-refractivity contribution in [3.05, 3.63) is 75.3 Å². The largest absolute Gasteiger partial charge is 0.508 e. The van der Waals surface area contributed by atoms with E-state index in [0.717, 1.165) is 23.3 Å². The minimum absolute atomic E-state index is 0.127. The number of aliphatic carboxylic acids is 1. The minimum atomic E-state index is -1.48. The van der Waals surface area contributed by atoms with E-state index in [2.05, 4.69) is 26.2 Å². The topological polar surface area (TPSA) is 250 Å². The third-order valence-corrected chi connectivity index (χ3v) is 9.84. The predicted octanol–water partition coefficient (Wildman–Crippen LogP) is 0.435. The first-order valence-electron chi connectivity index (χ1n) is 13.6. The molecule has 6 N–H and O–H groups in total. The number of rotatable bonds is 9. The third kappa shape index (κ3) is 5.69. The Morgan fingerprint density at radius 3 is 2.55 bits per heavy atom. The van der Waals surface area contributed by atoms with Gasteiger partial charge in [0.25, 0.3) is 11.8 Å². The van der Waals surface area contributed by atoms with Crippen LogP contribution in [0.3, 0.4) is 0 Å². The first-order valence-corrected chi connectivity index (χ1v) is 15.6. The Bertz CT molecular complexity index is 2050. The number of hydrogen-bond donors (Lipinski definition) is 6. The second kappa shape index (κ2) is 12.3. The zero-order valence-corrected chi connectivity index (χ0v) is 25.6. The fraction of sp³-hybridized carbons (Fsp3) is 0.214. The van der Waals surface area contributed by atoms with Crippen LogP contribution in [0.15, 0.2) is 68.3 Å². The molecule has 1 saturated heterocycles. The highest BCUT2D eigenvalue weighted by Gasteiger charge is 2.54. The molecule has 3 atom stereocenters. The molecule has 242 valence electrons. The van der Waals surface area contributed by atoms with E-state index in [-0.39, 0.29) is 39.5 Å². The molecule has 2 aromatic carbocycles. The van der Waals surface area contributed by atoms with Crippen LogP contribution in [0.1, 0.15) is 22.0 Å². The van der Waals surface area contributed by atoms with Gasteiger partial charge in [-0.1, -0.05) is 23.9 Å². The number of aryl methyl sites for hydroxylation is 1. The number of phenols is 3. The second-order valence-corrected chi connectivity index (χ2v) is 12.4. The van der Waals surface area contributed by atoms with Crippen molar-refractivity contribution in [3.63, 3.8) is 0 Å². The van der Waals surface area contributed by atoms with Crippen LogP contribution < -0.4 is 16.1 Å². The van der Waals surface area contributed by atoms with Crippen molar-refractivity contribution >= 4 is 58.2 Å². The maximum Gasteiger partial charge on any atom is 0.352 e. The summed E-state index contributed by atoms with van der Waals surface area (Å²) >= 11 is 2.45. The molecule has 1 fully saturated rings. The number of phenolic OH excluding ortho intramolecular Hbond substituents is 3. The van der Waals surface area contributed by atoms with Gasteiger partial charge in [-0.15, -0.1) is 16.9 Å². The number of β-lactam (4-membered cyclic amide) rings is 1. The maximum absolute atomic E-state index is 13.7. The van der Waals surface area contributed by atoms with Gasteiger partial charge in [-0.25, -0.2) is 9.48 Å². The number of thioether (sulfide) groups is 2. The highest BCUT2D eigenvalue weighted by molar-refractivity contribution is 8.01. The van der Waals surface area contributed by atoms with Crippen molar-refractivity contribution in [1.82, 2.24) is 35.7 Å². The van der Waals surface area contributed by atoms with Crippen LogP contribution in [0.2, 0.25) is 0 Å². The van der Waals surface area contributed by atoms with Gasteiger partial charge in [-0.3, -0.25) is 24.1 Å². The number of fused-ring (bicyclic) bond motifs is 2. The van der Waals surface area contributed by atoms with Gasteiger partial charge in [0.05, 0.1) is 5.39 Å². The zero-order valence-electron chi connectivity index (χ0n) is 24.0. The summed E-state index contributed by atoms with van der Waals surface area (Å²) in [5, 5.41) is 55.2. The van der Waals surface area contributed by atoms with Crippen molar-refractivity contribution in [3.8, 4) is 17.2 Å². The first kappa shape index (κ1) is 31.4. The number of carbonyl (C=O) groups is 4. The molecule has 2 aliphatic rings. The number of tetrazole rings is 1. The molecule has 0 saturated carbocycles. The van der Waals surface area contributed by atoms with Crippen molar-refractivity contribution in [2.45, 2.75) is 22.6 Å². The molecule has 0 aliphatic carbocycles. The van der Waals surface area contributed by atoms with Gasteiger partial charge >= 0.3 is 5.97 Å². The molecule has 17 nitrogen and oxygen atoms in total. The van der Waals surface area contributed by atoms with Crippen LogP contribution in [0, 0.1) is 0 Å². The summed E-state index contributed by atoms with van der Waals surface area (Å²) in [6.07, 6.45) is 0.771. The SMILES string of the molecule is Cn1nnnc1SCC1=C(C(=O)O)N2C(=O)[C@@H](NC(=O)C(NC(=O)c3coc4c(O)c(O)ccc4c3=O)c3ccc(O)cc3)[C@@H]2SC1. The second-order valence-electron chi connectivity index (χ2n) is 10.3. The number of aromatic nitrogens is 4. The van der Waals surface area contributed by atoms with Crippen LogP contribution in [0.25, 0.3) is 11.0 Å². The summed E-state index contributed by atoms with van der Waals surface area (Å²) < 4.78 is 6.67. The Kier molecular flexibility index (Phi) is 8.24. The maximum atomic E-state index is 13.7. The standard InChI is InChI=1S/C28H23N7O10S2/c1-34-28(31-32-33-34)47-10-12-9-46-26-18(25(42)35(26)19(12)27(43)44)30-24(41)17(11-2-4-13(36)5-3-11)29-23(40)15-8-45-22-14(20(15)38)6-7-16(37)21(22)39/h2-8,17-18,26,36-37,39H,9-10H2,1H3,(H,29,40)(H,30,41)(H,43,44)/t17?,18-,26+/m1/s1. The average molecular weight is 682 g/mol. The summed E-state index contributed by atoms with van der Waals surface area (Å²) in [4.78, 5) is 66.7. The number of carboxylic acids is 1. The molecule has 2 aromatic heterocycles. The van der Waals surface area contributed by atoms with Crippen molar-refractivity contribution in [2.24, 2.45) is 7.05 Å². The van der Waals surface area contributed by atoms with Crippen LogP contribution >= 0.6 is 23.5 Å². The van der Waals surface area contributed by atoms with Gasteiger partial charge in [0.1, 0.15) is 40.7 Å². The molecule has 19 heteroatoms. The number of nitrogens with one attached hydrogen (secondary N) is 2. The highest BCUT2D eigenvalue weighted by atomic mass is 32.2. The summed E-state index contributed by atoms with van der Waals surface area (Å²) in [5.74, 6) is -4.79. The molecule has 0 spiro atoms. The lowest BCUT2D eigenvalue weighted by Crippen LogP contribution is -2.71. The Balaban J connectivity index is 1.23. The van der Waals surface area contributed by atoms with Crippen LogP contribution in [-0.4, -0.2) is 92.1 Å². The smallest absolute Gasteiger partial charge is 0.352 e. The molecule has 4 heterocycles. The van der Waals surface area contributed by atoms with Gasteiger partial charge in [0.2, 0.25) is 22.2 Å². The van der Waals surface area contributed by atoms with E-state index in [9.17, 15) is 44.4 Å². The lowest BCUT2D eigenvalue weighted by atomic mass is 10.0. The first-order chi connectivity index (χ1) is 22.5. The van der Waals surface area contributed by atoms with Gasteiger partial charge in [0.15, 0.2) is 11.3 Å². The van der Waals surface area contributed by atoms with Gasteiger partial charge < -0.3 is 35.5 Å². The molecule has 0 radical (unpaired) electrons. The summed E-state index contributed by atoms with van der Waals surface area (Å²) in [6.45, 7) is 0. The summed E-state index contributed by atoms with van der Waals surface area (Å²) in [6, 6.07) is 4.84. The molecule has 47 heavy (non-hydrogen) atoms. The quantitative estimate of drug-likeness (QED) is 0.0796. The highest BCUT2D eigenvalue weighted by Crippen LogP contribution is 2.41. The van der Waals surface area contributed by atoms with E-state index >= 15 is 0 Å². The van der Waals surface area contributed by atoms with Crippen LogP contribution in [0.5, 0.6) is 17.2 Å². The van der Waals surface area contributed by atoms with Crippen molar-refractivity contribution in [2.75, 3.05) is 11.5 Å². The third-order valence-electron chi connectivity index (χ3n) is 7.41. The van der Waals surface area contributed by atoms with Crippen molar-refractivity contribution < 1.29 is 44.0 Å². The molecule has 0 bridgehead atoms. The fourth-order valence-corrected chi connectivity index (χ4v) is 7.37. The average Bonchev–Trinajstić information content (AvgIpc) is 3.47. The number of amides is 3. The zero-order chi connectivity index (χ0) is 33.6. The Labute approximate surface area is 271 Å². The fourth-order valence-electron chi connectivity index (χ4n) is 5.03. The van der Waals surface area contributed by atoms with E-state index in [0.29, 0.717) is 10.7 Å². The minimum Gasteiger partial charge on any atom is -0.508 e. The van der Waals surface area contributed by atoms with Gasteiger partial charge in [0, 0.05) is 18.6 Å². The summed E-state index contributed by atoms with van der Waals surface area (Å²) in [7, 11) is 1.63. The Hall–Kier alpha value is -5.56. The normalized spacial score (nSPS) is 18.0. The number of aromatic hydroxyl groups is 3. The Morgan fingerprint density at radius 1 is 1.13 bits per heavy atom. The van der Waals surface area contributed by atoms with Crippen LogP contribution in [0.4, 0.5) is 0 Å². The molecular formula is C28H23N7O10S2. The van der Waals surface area contributed by atoms with Crippen molar-refractivity contribution in [1.29, 1.82) is 0 Å². The number of nitrogens with zero attached hydrogens (tertiary/aromatic N) is 5.